The Morgan fingerprint density at radius 2 is 0.965 bits per heavy atom. The van der Waals surface area contributed by atoms with Crippen LogP contribution in [-0.4, -0.2) is 15.0 Å². The smallest absolute Gasteiger partial charge is 0.163 e. The predicted molar refractivity (Wildman–Crippen MR) is 232 cm³/mol. The Kier molecular flexibility index (Phi) is 7.02. The minimum Gasteiger partial charge on any atom is -0.456 e. The summed E-state index contributed by atoms with van der Waals surface area (Å²) in [6.45, 7) is 0. The first-order chi connectivity index (χ1) is 28.2. The Morgan fingerprint density at radius 3 is 1.68 bits per heavy atom. The summed E-state index contributed by atoms with van der Waals surface area (Å²) in [6.07, 6.45) is 0.768. The molecule has 0 bridgehead atoms. The number of benzene rings is 9. The van der Waals surface area contributed by atoms with Gasteiger partial charge in [0.15, 0.2) is 11.6 Å². The standard InChI is InChI=1S/C53H33N3O/c1-4-13-32(14-5-1)35-23-24-37-29-46(41-26-25-36(28-44(41)43(37)27-35)33-15-6-2-7-16-33)53-55-51(34-17-8-3-9-18-34)54-52(56-53)38-30-45-40-20-11-10-19-39(40)42-21-12-22-47-49(42)50(45)48(31-38)57-47/h1-28,30-31,46H,29H2. The Balaban J connectivity index is 1.08. The van der Waals surface area contributed by atoms with E-state index in [-0.39, 0.29) is 5.92 Å². The molecule has 0 spiro atoms. The van der Waals surface area contributed by atoms with Gasteiger partial charge in [-0.15, -0.1) is 0 Å². The average Bonchev–Trinajstić information content (AvgIpc) is 3.68. The van der Waals surface area contributed by atoms with Gasteiger partial charge in [0.2, 0.25) is 0 Å². The van der Waals surface area contributed by atoms with E-state index in [0.29, 0.717) is 11.6 Å². The van der Waals surface area contributed by atoms with E-state index in [4.69, 9.17) is 19.4 Å². The zero-order chi connectivity index (χ0) is 37.5. The van der Waals surface area contributed by atoms with Gasteiger partial charge in [-0.1, -0.05) is 152 Å². The van der Waals surface area contributed by atoms with Crippen molar-refractivity contribution in [3.63, 3.8) is 0 Å². The second-order valence-corrected chi connectivity index (χ2v) is 15.1. The lowest BCUT2D eigenvalue weighted by Crippen LogP contribution is -2.17. The van der Waals surface area contributed by atoms with Crippen molar-refractivity contribution < 1.29 is 4.42 Å². The molecule has 0 N–H and O–H groups in total. The highest BCUT2D eigenvalue weighted by molar-refractivity contribution is 6.33. The van der Waals surface area contributed by atoms with Crippen LogP contribution in [0.5, 0.6) is 0 Å². The molecule has 0 amide bonds. The summed E-state index contributed by atoms with van der Waals surface area (Å²) in [5, 5.41) is 7.04. The molecule has 9 aromatic carbocycles. The van der Waals surface area contributed by atoms with Gasteiger partial charge in [-0.25, -0.2) is 15.0 Å². The van der Waals surface area contributed by atoms with Gasteiger partial charge in [-0.05, 0) is 103 Å². The Morgan fingerprint density at radius 1 is 0.386 bits per heavy atom. The first-order valence-corrected chi connectivity index (χ1v) is 19.5. The fourth-order valence-electron chi connectivity index (χ4n) is 9.14. The fraction of sp³-hybridized carbons (Fsp3) is 0.0377. The van der Waals surface area contributed by atoms with Gasteiger partial charge in [0.05, 0.1) is 0 Å². The van der Waals surface area contributed by atoms with E-state index in [0.717, 1.165) is 50.7 Å². The van der Waals surface area contributed by atoms with Crippen LogP contribution in [-0.2, 0) is 6.42 Å². The SMILES string of the molecule is c1ccc(-c2ccc3c(c2)-c2cc(-c4ccccc4)ccc2C(c2nc(-c4ccccc4)nc(-c4cc5oc6cccc7c8ccccc8c(c4)c5c67)n2)C3)cc1. The van der Waals surface area contributed by atoms with Crippen molar-refractivity contribution >= 4 is 43.5 Å². The van der Waals surface area contributed by atoms with Crippen molar-refractivity contribution in [2.24, 2.45) is 0 Å². The van der Waals surface area contributed by atoms with Crippen molar-refractivity contribution in [2.45, 2.75) is 12.3 Å². The second kappa shape index (κ2) is 12.6. The quantitative estimate of drug-likeness (QED) is 0.166. The zero-order valence-electron chi connectivity index (χ0n) is 30.9. The maximum absolute atomic E-state index is 6.61. The Hall–Kier alpha value is -7.43. The van der Waals surface area contributed by atoms with Crippen molar-refractivity contribution in [1.82, 2.24) is 15.0 Å². The third-order valence-corrected chi connectivity index (χ3v) is 11.8. The first-order valence-electron chi connectivity index (χ1n) is 19.5. The van der Waals surface area contributed by atoms with E-state index in [9.17, 15) is 0 Å². The lowest BCUT2D eigenvalue weighted by atomic mass is 9.76. The number of nitrogens with zero attached hydrogens (tertiary/aromatic N) is 3. The maximum Gasteiger partial charge on any atom is 0.163 e. The normalized spacial score (nSPS) is 13.7. The molecule has 1 unspecified atom stereocenters. The van der Waals surface area contributed by atoms with Crippen LogP contribution in [0.2, 0.25) is 0 Å². The molecule has 0 fully saturated rings. The molecule has 4 nitrogen and oxygen atoms in total. The summed E-state index contributed by atoms with van der Waals surface area (Å²) >= 11 is 0. The molecule has 2 heterocycles. The summed E-state index contributed by atoms with van der Waals surface area (Å²) < 4.78 is 6.61. The van der Waals surface area contributed by atoms with E-state index in [1.807, 2.05) is 18.2 Å². The number of hydrogen-bond donors (Lipinski definition) is 0. The van der Waals surface area contributed by atoms with Crippen LogP contribution < -0.4 is 0 Å². The molecule has 4 heteroatoms. The molecule has 1 atom stereocenters. The number of fused-ring (bicyclic) bond motifs is 6. The van der Waals surface area contributed by atoms with Crippen LogP contribution in [0.15, 0.2) is 186 Å². The molecule has 12 rings (SSSR count). The topological polar surface area (TPSA) is 51.8 Å². The summed E-state index contributed by atoms with van der Waals surface area (Å²) in [5.41, 5.74) is 13.3. The summed E-state index contributed by atoms with van der Waals surface area (Å²) in [5.74, 6) is 1.95. The monoisotopic (exact) mass is 727 g/mol. The summed E-state index contributed by atoms with van der Waals surface area (Å²) in [7, 11) is 0. The predicted octanol–water partition coefficient (Wildman–Crippen LogP) is 13.5. The lowest BCUT2D eigenvalue weighted by molar-refractivity contribution is 0.669. The average molecular weight is 728 g/mol. The van der Waals surface area contributed by atoms with E-state index in [2.05, 4.69) is 164 Å². The van der Waals surface area contributed by atoms with E-state index >= 15 is 0 Å². The second-order valence-electron chi connectivity index (χ2n) is 15.1. The maximum atomic E-state index is 6.61. The Labute approximate surface area is 329 Å². The van der Waals surface area contributed by atoms with Crippen molar-refractivity contribution in [3.8, 4) is 56.2 Å². The van der Waals surface area contributed by atoms with Crippen LogP contribution in [0, 0.1) is 0 Å². The molecular formula is C53H33N3O. The van der Waals surface area contributed by atoms with Gasteiger partial charge in [-0.3, -0.25) is 0 Å². The summed E-state index contributed by atoms with van der Waals surface area (Å²) in [6, 6.07) is 64.7. The van der Waals surface area contributed by atoms with Gasteiger partial charge >= 0.3 is 0 Å². The van der Waals surface area contributed by atoms with Crippen LogP contribution >= 0.6 is 0 Å². The first kappa shape index (κ1) is 31.9. The molecule has 0 saturated carbocycles. The molecule has 266 valence electrons. The van der Waals surface area contributed by atoms with Gasteiger partial charge < -0.3 is 4.42 Å². The van der Waals surface area contributed by atoms with Crippen LogP contribution in [0.25, 0.3) is 99.6 Å². The largest absolute Gasteiger partial charge is 0.456 e. The van der Waals surface area contributed by atoms with Crippen LogP contribution in [0.4, 0.5) is 0 Å². The highest BCUT2D eigenvalue weighted by atomic mass is 16.3. The van der Waals surface area contributed by atoms with E-state index in [1.165, 1.54) is 60.7 Å². The Bertz CT molecular complexity index is 3320. The third kappa shape index (κ3) is 5.11. The number of rotatable bonds is 5. The molecule has 57 heavy (non-hydrogen) atoms. The van der Waals surface area contributed by atoms with E-state index < -0.39 is 0 Å². The molecule has 11 aromatic rings. The fourth-order valence-corrected chi connectivity index (χ4v) is 9.14. The molecule has 2 aromatic heterocycles. The van der Waals surface area contributed by atoms with Gasteiger partial charge in [-0.2, -0.15) is 0 Å². The number of aromatic nitrogens is 3. The van der Waals surface area contributed by atoms with Crippen LogP contribution in [0.1, 0.15) is 22.9 Å². The van der Waals surface area contributed by atoms with E-state index in [1.54, 1.807) is 0 Å². The number of hydrogen-bond acceptors (Lipinski definition) is 4. The van der Waals surface area contributed by atoms with Crippen molar-refractivity contribution in [3.05, 3.63) is 199 Å². The van der Waals surface area contributed by atoms with Gasteiger partial charge in [0.25, 0.3) is 0 Å². The molecule has 0 radical (unpaired) electrons. The van der Waals surface area contributed by atoms with Crippen LogP contribution in [0.3, 0.4) is 0 Å². The molecule has 0 aliphatic heterocycles. The van der Waals surface area contributed by atoms with Crippen molar-refractivity contribution in [1.29, 1.82) is 0 Å². The number of furan rings is 1. The summed E-state index contributed by atoms with van der Waals surface area (Å²) in [4.78, 5) is 15.9. The van der Waals surface area contributed by atoms with Gasteiger partial charge in [0, 0.05) is 27.8 Å². The lowest BCUT2D eigenvalue weighted by Gasteiger charge is -2.28. The molecular weight excluding hydrogens is 695 g/mol. The molecule has 1 aliphatic carbocycles. The zero-order valence-corrected chi connectivity index (χ0v) is 30.9. The molecule has 1 aliphatic rings. The third-order valence-electron chi connectivity index (χ3n) is 11.8. The van der Waals surface area contributed by atoms with Gasteiger partial charge in [0.1, 0.15) is 17.0 Å². The molecule has 0 saturated heterocycles. The minimum absolute atomic E-state index is 0.0966. The highest BCUT2D eigenvalue weighted by Crippen LogP contribution is 2.47. The highest BCUT2D eigenvalue weighted by Gasteiger charge is 2.30. The minimum atomic E-state index is -0.0966. The van der Waals surface area contributed by atoms with Crippen molar-refractivity contribution in [2.75, 3.05) is 0 Å².